The molecule has 0 amide bonds. The molecule has 5 rings (SSSR count). The molecule has 3 N–H and O–H groups in total. The number of hydrogen-bond donors (Lipinski definition) is 3. The molecule has 6 nitrogen and oxygen atoms in total. The largest absolute Gasteiger partial charge is 0.478 e. The van der Waals surface area contributed by atoms with Crippen LogP contribution in [0, 0.1) is 0 Å². The summed E-state index contributed by atoms with van der Waals surface area (Å²) >= 11 is 0. The van der Waals surface area contributed by atoms with Gasteiger partial charge in [-0.05, 0) is 36.4 Å². The van der Waals surface area contributed by atoms with Gasteiger partial charge in [-0.15, -0.1) is 0 Å². The van der Waals surface area contributed by atoms with Crippen molar-refractivity contribution in [3.05, 3.63) is 72.3 Å². The van der Waals surface area contributed by atoms with Crippen molar-refractivity contribution < 1.29 is 9.90 Å². The number of nitrogens with one attached hydrogen (secondary N) is 2. The number of carbonyl (C=O) groups is 1. The van der Waals surface area contributed by atoms with Crippen LogP contribution in [0.15, 0.2) is 66.7 Å². The Hall–Kier alpha value is -3.93. The van der Waals surface area contributed by atoms with E-state index in [0.717, 1.165) is 33.5 Å². The highest BCUT2D eigenvalue weighted by atomic mass is 16.4. The van der Waals surface area contributed by atoms with Crippen LogP contribution < -0.4 is 0 Å². The molecule has 0 saturated carbocycles. The lowest BCUT2D eigenvalue weighted by atomic mass is 10.1. The highest BCUT2D eigenvalue weighted by Crippen LogP contribution is 2.26. The maximum Gasteiger partial charge on any atom is 0.335 e. The lowest BCUT2D eigenvalue weighted by Crippen LogP contribution is -1.94. The minimum absolute atomic E-state index is 0.230. The summed E-state index contributed by atoms with van der Waals surface area (Å²) < 4.78 is 0. The van der Waals surface area contributed by atoms with Gasteiger partial charge in [-0.3, -0.25) is 0 Å². The van der Waals surface area contributed by atoms with Crippen LogP contribution >= 0.6 is 0 Å². The lowest BCUT2D eigenvalue weighted by Gasteiger charge is -2.00. The Morgan fingerprint density at radius 2 is 1.41 bits per heavy atom. The van der Waals surface area contributed by atoms with Gasteiger partial charge in [-0.25, -0.2) is 14.8 Å². The van der Waals surface area contributed by atoms with Gasteiger partial charge in [0.1, 0.15) is 11.6 Å². The van der Waals surface area contributed by atoms with Gasteiger partial charge in [0.05, 0.1) is 27.6 Å². The maximum atomic E-state index is 11.2. The maximum absolute atomic E-state index is 11.2. The zero-order valence-corrected chi connectivity index (χ0v) is 14.1. The van der Waals surface area contributed by atoms with E-state index in [4.69, 9.17) is 5.11 Å². The predicted octanol–water partition coefficient (Wildman–Crippen LogP) is 4.47. The monoisotopic (exact) mass is 354 g/mol. The van der Waals surface area contributed by atoms with Crippen molar-refractivity contribution in [2.75, 3.05) is 0 Å². The van der Waals surface area contributed by atoms with Crippen molar-refractivity contribution in [2.45, 2.75) is 0 Å². The first-order valence-electron chi connectivity index (χ1n) is 8.46. The van der Waals surface area contributed by atoms with Gasteiger partial charge in [-0.2, -0.15) is 0 Å². The van der Waals surface area contributed by atoms with Crippen LogP contribution in [0.3, 0.4) is 0 Å². The fourth-order valence-electron chi connectivity index (χ4n) is 3.18. The van der Waals surface area contributed by atoms with Crippen molar-refractivity contribution >= 4 is 28.0 Å². The normalized spacial score (nSPS) is 11.3. The Morgan fingerprint density at radius 1 is 0.741 bits per heavy atom. The first kappa shape index (κ1) is 15.3. The number of aromatic carboxylic acids is 1. The van der Waals surface area contributed by atoms with Crippen molar-refractivity contribution in [1.29, 1.82) is 0 Å². The smallest absolute Gasteiger partial charge is 0.335 e. The number of aromatic nitrogens is 4. The van der Waals surface area contributed by atoms with Crippen LogP contribution in [0.5, 0.6) is 0 Å². The number of H-pyrrole nitrogens is 2. The molecule has 0 fully saturated rings. The van der Waals surface area contributed by atoms with E-state index in [0.29, 0.717) is 11.3 Å². The Labute approximate surface area is 153 Å². The number of fused-ring (bicyclic) bond motifs is 2. The molecule has 0 aliphatic carbocycles. The van der Waals surface area contributed by atoms with Crippen molar-refractivity contribution in [3.8, 4) is 22.8 Å². The van der Waals surface area contributed by atoms with Gasteiger partial charge in [-0.1, -0.05) is 30.3 Å². The molecule has 0 radical (unpaired) electrons. The first-order valence-corrected chi connectivity index (χ1v) is 8.46. The Kier molecular flexibility index (Phi) is 3.30. The highest BCUT2D eigenvalue weighted by molar-refractivity contribution is 5.93. The second-order valence-electron chi connectivity index (χ2n) is 6.31. The lowest BCUT2D eigenvalue weighted by molar-refractivity contribution is 0.0697. The molecule has 0 unspecified atom stereocenters. The first-order chi connectivity index (χ1) is 13.2. The number of carboxylic acids is 1. The van der Waals surface area contributed by atoms with E-state index in [-0.39, 0.29) is 5.56 Å². The number of benzene rings is 3. The average molecular weight is 354 g/mol. The SMILES string of the molecule is O=C(O)c1ccc2nc(-c3cccc(-c4nc5ccccc5[nH]4)c3)[nH]c2c1. The van der Waals surface area contributed by atoms with E-state index in [9.17, 15) is 4.79 Å². The van der Waals surface area contributed by atoms with Gasteiger partial charge < -0.3 is 15.1 Å². The molecule has 0 spiro atoms. The molecule has 0 atom stereocenters. The van der Waals surface area contributed by atoms with Crippen LogP contribution in [0.4, 0.5) is 0 Å². The quantitative estimate of drug-likeness (QED) is 0.445. The molecule has 27 heavy (non-hydrogen) atoms. The molecule has 2 heterocycles. The Balaban J connectivity index is 1.58. The summed E-state index contributed by atoms with van der Waals surface area (Å²) in [6, 6.07) is 20.7. The van der Waals surface area contributed by atoms with Crippen molar-refractivity contribution in [1.82, 2.24) is 19.9 Å². The Bertz CT molecular complexity index is 1280. The number of aromatic amines is 2. The summed E-state index contributed by atoms with van der Waals surface area (Å²) in [6.45, 7) is 0. The van der Waals surface area contributed by atoms with E-state index >= 15 is 0 Å². The molecule has 0 aliphatic rings. The van der Waals surface area contributed by atoms with Gasteiger partial charge in [0.15, 0.2) is 0 Å². The van der Waals surface area contributed by atoms with Gasteiger partial charge in [0, 0.05) is 11.1 Å². The molecular formula is C21H14N4O2. The third-order valence-corrected chi connectivity index (χ3v) is 4.53. The summed E-state index contributed by atoms with van der Waals surface area (Å²) in [5.74, 6) is 0.521. The topological polar surface area (TPSA) is 94.7 Å². The Morgan fingerprint density at radius 3 is 2.11 bits per heavy atom. The summed E-state index contributed by atoms with van der Waals surface area (Å²) in [5, 5.41) is 9.15. The summed E-state index contributed by atoms with van der Waals surface area (Å²) in [7, 11) is 0. The zero-order chi connectivity index (χ0) is 18.4. The third kappa shape index (κ3) is 2.64. The van der Waals surface area contributed by atoms with E-state index in [1.165, 1.54) is 0 Å². The average Bonchev–Trinajstić information content (AvgIpc) is 3.31. The summed E-state index contributed by atoms with van der Waals surface area (Å²) in [5.41, 5.74) is 5.42. The summed E-state index contributed by atoms with van der Waals surface area (Å²) in [6.07, 6.45) is 0. The van der Waals surface area contributed by atoms with Crippen LogP contribution in [-0.4, -0.2) is 31.0 Å². The van der Waals surface area contributed by atoms with E-state index < -0.39 is 5.97 Å². The molecule has 3 aromatic carbocycles. The van der Waals surface area contributed by atoms with Gasteiger partial charge in [0.25, 0.3) is 0 Å². The van der Waals surface area contributed by atoms with E-state index in [2.05, 4.69) is 19.9 Å². The molecule has 0 saturated heterocycles. The zero-order valence-electron chi connectivity index (χ0n) is 14.1. The molecule has 6 heteroatoms. The number of imidazole rings is 2. The second kappa shape index (κ2) is 5.81. The fourth-order valence-corrected chi connectivity index (χ4v) is 3.18. The predicted molar refractivity (Wildman–Crippen MR) is 104 cm³/mol. The number of para-hydroxylation sites is 2. The van der Waals surface area contributed by atoms with Crippen LogP contribution in [-0.2, 0) is 0 Å². The van der Waals surface area contributed by atoms with Crippen LogP contribution in [0.1, 0.15) is 10.4 Å². The second-order valence-corrected chi connectivity index (χ2v) is 6.31. The van der Waals surface area contributed by atoms with Crippen molar-refractivity contribution in [3.63, 3.8) is 0 Å². The molecule has 0 aliphatic heterocycles. The van der Waals surface area contributed by atoms with E-state index in [1.807, 2.05) is 48.5 Å². The molecule has 130 valence electrons. The van der Waals surface area contributed by atoms with Crippen LogP contribution in [0.2, 0.25) is 0 Å². The van der Waals surface area contributed by atoms with Crippen molar-refractivity contribution in [2.24, 2.45) is 0 Å². The van der Waals surface area contributed by atoms with Gasteiger partial charge >= 0.3 is 5.97 Å². The third-order valence-electron chi connectivity index (χ3n) is 4.53. The number of rotatable bonds is 3. The van der Waals surface area contributed by atoms with E-state index in [1.54, 1.807) is 18.2 Å². The number of carboxylic acid groups (broad SMARTS) is 1. The number of hydrogen-bond acceptors (Lipinski definition) is 3. The number of nitrogens with zero attached hydrogens (tertiary/aromatic N) is 2. The molecule has 5 aromatic rings. The van der Waals surface area contributed by atoms with Crippen LogP contribution in [0.25, 0.3) is 44.8 Å². The standard InChI is InChI=1S/C21H14N4O2/c26-21(27)14-8-9-17-18(11-14)25-20(24-17)13-5-3-4-12(10-13)19-22-15-6-1-2-7-16(15)23-19/h1-11H,(H,22,23)(H,24,25)(H,26,27). The van der Waals surface area contributed by atoms with Gasteiger partial charge in [0.2, 0.25) is 0 Å². The summed E-state index contributed by atoms with van der Waals surface area (Å²) in [4.78, 5) is 26.9. The molecule has 2 aromatic heterocycles. The highest BCUT2D eigenvalue weighted by Gasteiger charge is 2.11. The minimum atomic E-state index is -0.958. The minimum Gasteiger partial charge on any atom is -0.478 e. The molecule has 0 bridgehead atoms. The molecular weight excluding hydrogens is 340 g/mol. The fraction of sp³-hybridized carbons (Fsp3) is 0.